The van der Waals surface area contributed by atoms with Gasteiger partial charge in [0.2, 0.25) is 0 Å². The smallest absolute Gasteiger partial charge is 0.358 e. The van der Waals surface area contributed by atoms with Gasteiger partial charge in [-0.15, -0.1) is 0 Å². The molecule has 1 aromatic heterocycles. The maximum Gasteiger partial charge on any atom is 0.358 e. The third-order valence-electron chi connectivity index (χ3n) is 3.68. The summed E-state index contributed by atoms with van der Waals surface area (Å²) in [6.07, 6.45) is 2.00. The van der Waals surface area contributed by atoms with E-state index < -0.39 is 5.97 Å². The number of carbonyl (C=O) groups is 1. The Kier molecular flexibility index (Phi) is 5.13. The van der Waals surface area contributed by atoms with E-state index in [9.17, 15) is 4.79 Å². The summed E-state index contributed by atoms with van der Waals surface area (Å²) in [5, 5.41) is 4.29. The molecule has 8 heteroatoms. The molecule has 0 unspecified atom stereocenters. The number of esters is 1. The lowest BCUT2D eigenvalue weighted by atomic mass is 10.2. The highest BCUT2D eigenvalue weighted by atomic mass is 35.5. The zero-order valence-corrected chi connectivity index (χ0v) is 15.0. The van der Waals surface area contributed by atoms with Gasteiger partial charge in [-0.3, -0.25) is 0 Å². The fourth-order valence-electron chi connectivity index (χ4n) is 2.21. The molecule has 0 aliphatic heterocycles. The lowest BCUT2D eigenvalue weighted by Gasteiger charge is -2.13. The van der Waals surface area contributed by atoms with Crippen LogP contribution in [0.1, 0.15) is 40.6 Å². The number of ether oxygens (including phenoxy) is 1. The van der Waals surface area contributed by atoms with Crippen molar-refractivity contribution in [2.75, 3.05) is 12.4 Å². The van der Waals surface area contributed by atoms with Crippen molar-refractivity contribution >= 4 is 46.6 Å². The van der Waals surface area contributed by atoms with E-state index >= 15 is 0 Å². The molecule has 0 atom stereocenters. The predicted molar refractivity (Wildman–Crippen MR) is 94.1 cm³/mol. The minimum absolute atomic E-state index is 0.0591. The zero-order valence-electron chi connectivity index (χ0n) is 12.8. The Bertz CT molecular complexity index is 774. The van der Waals surface area contributed by atoms with Crippen LogP contribution in [0.15, 0.2) is 18.2 Å². The minimum Gasteiger partial charge on any atom is -0.464 e. The Morgan fingerprint density at radius 2 is 1.92 bits per heavy atom. The molecule has 1 fully saturated rings. The van der Waals surface area contributed by atoms with Crippen LogP contribution in [0.25, 0.3) is 0 Å². The Morgan fingerprint density at radius 3 is 2.50 bits per heavy atom. The van der Waals surface area contributed by atoms with Crippen molar-refractivity contribution < 1.29 is 9.53 Å². The van der Waals surface area contributed by atoms with Crippen LogP contribution in [0, 0.1) is 0 Å². The van der Waals surface area contributed by atoms with Gasteiger partial charge < -0.3 is 10.1 Å². The van der Waals surface area contributed by atoms with Crippen molar-refractivity contribution in [3.63, 3.8) is 0 Å². The molecular formula is C16H14Cl3N3O2. The fraction of sp³-hybridized carbons (Fsp3) is 0.312. The summed E-state index contributed by atoms with van der Waals surface area (Å²) in [6, 6.07) is 5.27. The highest BCUT2D eigenvalue weighted by Crippen LogP contribution is 2.40. The van der Waals surface area contributed by atoms with Crippen molar-refractivity contribution in [2.45, 2.75) is 25.3 Å². The van der Waals surface area contributed by atoms with E-state index in [1.165, 1.54) is 7.11 Å². The highest BCUT2D eigenvalue weighted by molar-refractivity contribution is 6.36. The first kappa shape index (κ1) is 17.3. The summed E-state index contributed by atoms with van der Waals surface area (Å²) in [7, 11) is 1.29. The van der Waals surface area contributed by atoms with Gasteiger partial charge in [-0.25, -0.2) is 14.8 Å². The molecule has 2 aromatic rings. The molecule has 126 valence electrons. The molecule has 1 N–H and O–H groups in total. The van der Waals surface area contributed by atoms with Gasteiger partial charge in [0.25, 0.3) is 0 Å². The van der Waals surface area contributed by atoms with Gasteiger partial charge in [-0.05, 0) is 25.0 Å². The number of nitrogens with zero attached hydrogens (tertiary/aromatic N) is 2. The van der Waals surface area contributed by atoms with Crippen LogP contribution in [-0.4, -0.2) is 23.0 Å². The second-order valence-electron chi connectivity index (χ2n) is 5.41. The van der Waals surface area contributed by atoms with Crippen molar-refractivity contribution in [1.82, 2.24) is 9.97 Å². The van der Waals surface area contributed by atoms with E-state index in [4.69, 9.17) is 39.5 Å². The first-order valence-corrected chi connectivity index (χ1v) is 8.47. The standard InChI is InChI=1S/C16H14Cl3N3O2/c1-24-16(23)13-12(19)15(22-14(21-13)8-5-6-8)20-7-9-10(17)3-2-4-11(9)18/h2-4,8H,5-7H2,1H3,(H,20,21,22). The van der Waals surface area contributed by atoms with Gasteiger partial charge in [0.1, 0.15) is 16.7 Å². The van der Waals surface area contributed by atoms with E-state index in [0.717, 1.165) is 18.4 Å². The number of nitrogens with one attached hydrogen (secondary N) is 1. The maximum absolute atomic E-state index is 11.9. The molecule has 0 radical (unpaired) electrons. The quantitative estimate of drug-likeness (QED) is 0.754. The van der Waals surface area contributed by atoms with Gasteiger partial charge in [0.15, 0.2) is 5.69 Å². The molecular weight excluding hydrogens is 373 g/mol. The van der Waals surface area contributed by atoms with Gasteiger partial charge in [-0.2, -0.15) is 0 Å². The molecule has 0 bridgehead atoms. The van der Waals surface area contributed by atoms with Crippen LogP contribution in [0.2, 0.25) is 15.1 Å². The number of aromatic nitrogens is 2. The third kappa shape index (κ3) is 3.58. The average Bonchev–Trinajstić information content (AvgIpc) is 3.40. The molecule has 1 aromatic carbocycles. The summed E-state index contributed by atoms with van der Waals surface area (Å²) < 4.78 is 4.74. The van der Waals surface area contributed by atoms with Crippen LogP contribution in [0.4, 0.5) is 5.82 Å². The topological polar surface area (TPSA) is 64.1 Å². The minimum atomic E-state index is -0.594. The number of benzene rings is 1. The van der Waals surface area contributed by atoms with Crippen LogP contribution in [0.3, 0.4) is 0 Å². The summed E-state index contributed by atoms with van der Waals surface area (Å²) in [4.78, 5) is 20.6. The molecule has 5 nitrogen and oxygen atoms in total. The fourth-order valence-corrected chi connectivity index (χ4v) is 2.97. The van der Waals surface area contributed by atoms with E-state index in [1.807, 2.05) is 0 Å². The van der Waals surface area contributed by atoms with Gasteiger partial charge >= 0.3 is 5.97 Å². The largest absolute Gasteiger partial charge is 0.464 e. The lowest BCUT2D eigenvalue weighted by Crippen LogP contribution is -2.12. The first-order valence-electron chi connectivity index (χ1n) is 7.33. The molecule has 24 heavy (non-hydrogen) atoms. The predicted octanol–water partition coefficient (Wildman–Crippen LogP) is 4.71. The molecule has 1 aliphatic rings. The number of methoxy groups -OCH3 is 1. The van der Waals surface area contributed by atoms with E-state index in [0.29, 0.717) is 28.2 Å². The highest BCUT2D eigenvalue weighted by Gasteiger charge is 2.30. The normalized spacial score (nSPS) is 13.7. The maximum atomic E-state index is 11.9. The number of rotatable bonds is 5. The van der Waals surface area contributed by atoms with Crippen molar-refractivity contribution in [2.24, 2.45) is 0 Å². The monoisotopic (exact) mass is 385 g/mol. The molecule has 1 saturated carbocycles. The van der Waals surface area contributed by atoms with Gasteiger partial charge in [0, 0.05) is 28.1 Å². The Morgan fingerprint density at radius 1 is 1.25 bits per heavy atom. The number of hydrogen-bond acceptors (Lipinski definition) is 5. The van der Waals surface area contributed by atoms with Crippen molar-refractivity contribution in [3.8, 4) is 0 Å². The van der Waals surface area contributed by atoms with Crippen LogP contribution >= 0.6 is 34.8 Å². The van der Waals surface area contributed by atoms with Crippen molar-refractivity contribution in [3.05, 3.63) is 50.3 Å². The summed E-state index contributed by atoms with van der Waals surface area (Å²) in [5.41, 5.74) is 0.784. The molecule has 3 rings (SSSR count). The molecule has 1 aliphatic carbocycles. The molecule has 0 saturated heterocycles. The SMILES string of the molecule is COC(=O)c1nc(C2CC2)nc(NCc2c(Cl)cccc2Cl)c1Cl. The van der Waals surface area contributed by atoms with Crippen LogP contribution < -0.4 is 5.32 Å². The van der Waals surface area contributed by atoms with E-state index in [-0.39, 0.29) is 16.6 Å². The van der Waals surface area contributed by atoms with Gasteiger partial charge in [0.05, 0.1) is 7.11 Å². The first-order chi connectivity index (χ1) is 11.5. The van der Waals surface area contributed by atoms with Gasteiger partial charge in [-0.1, -0.05) is 40.9 Å². The lowest BCUT2D eigenvalue weighted by molar-refractivity contribution is 0.0593. The van der Waals surface area contributed by atoms with Crippen LogP contribution in [0.5, 0.6) is 0 Å². The zero-order chi connectivity index (χ0) is 17.3. The molecule has 1 heterocycles. The number of anilines is 1. The Labute approximate surface area is 154 Å². The van der Waals surface area contributed by atoms with Crippen molar-refractivity contribution in [1.29, 1.82) is 0 Å². The summed E-state index contributed by atoms with van der Waals surface area (Å²) in [6.45, 7) is 0.319. The second kappa shape index (κ2) is 7.13. The molecule has 0 spiro atoms. The summed E-state index contributed by atoms with van der Waals surface area (Å²) >= 11 is 18.6. The van der Waals surface area contributed by atoms with E-state index in [1.54, 1.807) is 18.2 Å². The number of hydrogen-bond donors (Lipinski definition) is 1. The Hall–Kier alpha value is -1.56. The Balaban J connectivity index is 1.92. The number of carbonyl (C=O) groups excluding carboxylic acids is 1. The number of halogens is 3. The second-order valence-corrected chi connectivity index (χ2v) is 6.60. The third-order valence-corrected chi connectivity index (χ3v) is 4.75. The molecule has 0 amide bonds. The average molecular weight is 387 g/mol. The van der Waals surface area contributed by atoms with E-state index in [2.05, 4.69) is 15.3 Å². The summed E-state index contributed by atoms with van der Waals surface area (Å²) in [5.74, 6) is 0.621. The van der Waals surface area contributed by atoms with Crippen LogP contribution in [-0.2, 0) is 11.3 Å².